The highest BCUT2D eigenvalue weighted by molar-refractivity contribution is 6.32. The number of hydrogen-bond donors (Lipinski definition) is 1. The Morgan fingerprint density at radius 1 is 1.03 bits per heavy atom. The van der Waals surface area contributed by atoms with Crippen molar-refractivity contribution < 1.29 is 41.0 Å². The summed E-state index contributed by atoms with van der Waals surface area (Å²) >= 11 is 6.30. The minimum Gasteiger partial charge on any atom is -0.491 e. The van der Waals surface area contributed by atoms with Crippen LogP contribution in [0.2, 0.25) is 5.02 Å². The lowest BCUT2D eigenvalue weighted by Gasteiger charge is -2.26. The van der Waals surface area contributed by atoms with Crippen molar-refractivity contribution in [3.63, 3.8) is 0 Å². The first-order valence-corrected chi connectivity index (χ1v) is 10.2. The second-order valence-electron chi connectivity index (χ2n) is 7.72. The van der Waals surface area contributed by atoms with Crippen LogP contribution in [0.4, 0.5) is 26.3 Å². The summed E-state index contributed by atoms with van der Waals surface area (Å²) in [6.45, 7) is -0.750. The van der Waals surface area contributed by atoms with Crippen LogP contribution < -0.4 is 4.74 Å². The van der Waals surface area contributed by atoms with E-state index in [2.05, 4.69) is 0 Å². The monoisotopic (exact) mass is 480 g/mol. The van der Waals surface area contributed by atoms with Crippen molar-refractivity contribution in [3.8, 4) is 16.9 Å². The van der Waals surface area contributed by atoms with Gasteiger partial charge in [-0.1, -0.05) is 36.6 Å². The van der Waals surface area contributed by atoms with Crippen molar-refractivity contribution in [1.29, 1.82) is 0 Å². The van der Waals surface area contributed by atoms with E-state index in [4.69, 9.17) is 16.3 Å². The predicted molar refractivity (Wildman–Crippen MR) is 106 cm³/mol. The van der Waals surface area contributed by atoms with Crippen LogP contribution >= 0.6 is 11.6 Å². The molecular formula is C22H19ClF6O3. The van der Waals surface area contributed by atoms with Crippen molar-refractivity contribution in [2.45, 2.75) is 49.9 Å². The molecule has 0 unspecified atom stereocenters. The van der Waals surface area contributed by atoms with Gasteiger partial charge in [-0.05, 0) is 48.2 Å². The van der Waals surface area contributed by atoms with Crippen molar-refractivity contribution >= 4 is 17.6 Å². The summed E-state index contributed by atoms with van der Waals surface area (Å²) in [5.74, 6) is -1.20. The van der Waals surface area contributed by atoms with Gasteiger partial charge in [0.25, 0.3) is 0 Å². The van der Waals surface area contributed by atoms with E-state index in [1.54, 1.807) is 0 Å². The van der Waals surface area contributed by atoms with Gasteiger partial charge in [-0.2, -0.15) is 26.3 Å². The minimum absolute atomic E-state index is 0.105. The Balaban J connectivity index is 2.10. The van der Waals surface area contributed by atoms with E-state index in [9.17, 15) is 36.2 Å². The molecule has 0 heterocycles. The maximum Gasteiger partial charge on any atom is 0.416 e. The molecule has 0 radical (unpaired) electrons. The van der Waals surface area contributed by atoms with Crippen LogP contribution in [-0.2, 0) is 16.4 Å². The van der Waals surface area contributed by atoms with Crippen LogP contribution in [-0.4, -0.2) is 23.9 Å². The Kier molecular flexibility index (Phi) is 6.70. The fraction of sp³-hybridized carbons (Fsp3) is 0.409. The van der Waals surface area contributed by atoms with Gasteiger partial charge in [0.2, 0.25) is 0 Å². The summed E-state index contributed by atoms with van der Waals surface area (Å²) in [5, 5.41) is 9.77. The van der Waals surface area contributed by atoms with Crippen molar-refractivity contribution in [1.82, 2.24) is 0 Å². The third-order valence-electron chi connectivity index (χ3n) is 5.62. The zero-order valence-corrected chi connectivity index (χ0v) is 17.4. The molecule has 0 bridgehead atoms. The smallest absolute Gasteiger partial charge is 0.416 e. The average Bonchev–Trinajstić information content (AvgIpc) is 3.19. The number of carboxylic acids is 1. The van der Waals surface area contributed by atoms with E-state index in [0.29, 0.717) is 31.2 Å². The van der Waals surface area contributed by atoms with Crippen LogP contribution in [0, 0.1) is 0 Å². The van der Waals surface area contributed by atoms with Crippen molar-refractivity contribution in [3.05, 3.63) is 52.5 Å². The second kappa shape index (κ2) is 8.84. The molecule has 3 rings (SSSR count). The number of benzene rings is 2. The number of aliphatic carboxylic acids is 1. The molecule has 0 atom stereocenters. The Labute approximate surface area is 184 Å². The molecule has 1 N–H and O–H groups in total. The van der Waals surface area contributed by atoms with Crippen molar-refractivity contribution in [2.24, 2.45) is 0 Å². The molecule has 32 heavy (non-hydrogen) atoms. The number of rotatable bonds is 6. The summed E-state index contributed by atoms with van der Waals surface area (Å²) in [6.07, 6.45) is -8.26. The average molecular weight is 481 g/mol. The number of alkyl halides is 6. The Morgan fingerprint density at radius 3 is 2.12 bits per heavy atom. The first-order chi connectivity index (χ1) is 14.8. The summed E-state index contributed by atoms with van der Waals surface area (Å²) in [5.41, 5.74) is -1.45. The summed E-state index contributed by atoms with van der Waals surface area (Å²) in [6, 6.07) is 6.76. The molecule has 0 aliphatic heterocycles. The van der Waals surface area contributed by atoms with Crippen LogP contribution in [0.1, 0.15) is 43.2 Å². The van der Waals surface area contributed by atoms with Gasteiger partial charge in [0, 0.05) is 5.56 Å². The lowest BCUT2D eigenvalue weighted by molar-refractivity contribution is -0.144. The van der Waals surface area contributed by atoms with Gasteiger partial charge >= 0.3 is 18.3 Å². The van der Waals surface area contributed by atoms with Crippen LogP contribution in [0.15, 0.2) is 36.4 Å². The van der Waals surface area contributed by atoms with E-state index < -0.39 is 42.3 Å². The van der Waals surface area contributed by atoms with E-state index in [0.717, 1.165) is 24.3 Å². The fourth-order valence-electron chi connectivity index (χ4n) is 3.94. The highest BCUT2D eigenvalue weighted by atomic mass is 35.5. The third-order valence-corrected chi connectivity index (χ3v) is 5.90. The molecule has 0 saturated heterocycles. The van der Waals surface area contributed by atoms with E-state index in [-0.39, 0.29) is 21.9 Å². The van der Waals surface area contributed by atoms with Gasteiger partial charge in [-0.25, -0.2) is 0 Å². The minimum atomic E-state index is -4.57. The summed E-state index contributed by atoms with van der Waals surface area (Å²) in [7, 11) is 0. The highest BCUT2D eigenvalue weighted by Crippen LogP contribution is 2.47. The van der Waals surface area contributed by atoms with Gasteiger partial charge in [0.1, 0.15) is 5.75 Å². The molecule has 1 aliphatic carbocycles. The van der Waals surface area contributed by atoms with Gasteiger partial charge < -0.3 is 9.84 Å². The predicted octanol–water partition coefficient (Wildman–Crippen LogP) is 7.25. The topological polar surface area (TPSA) is 46.5 Å². The molecule has 1 aliphatic rings. The lowest BCUT2D eigenvalue weighted by Crippen LogP contribution is -2.32. The Morgan fingerprint density at radius 2 is 1.62 bits per heavy atom. The van der Waals surface area contributed by atoms with Crippen molar-refractivity contribution in [2.75, 3.05) is 6.61 Å². The zero-order chi connectivity index (χ0) is 23.7. The highest BCUT2D eigenvalue weighted by Gasteiger charge is 2.43. The molecule has 174 valence electrons. The molecule has 1 saturated carbocycles. The molecular weight excluding hydrogens is 462 g/mol. The van der Waals surface area contributed by atoms with Crippen LogP contribution in [0.3, 0.4) is 0 Å². The number of carboxylic acid groups (broad SMARTS) is 1. The molecule has 1 fully saturated rings. The molecule has 3 nitrogen and oxygen atoms in total. The van der Waals surface area contributed by atoms with Gasteiger partial charge in [0.05, 0.1) is 29.0 Å². The summed E-state index contributed by atoms with van der Waals surface area (Å²) < 4.78 is 81.8. The first-order valence-electron chi connectivity index (χ1n) is 9.78. The number of carbonyl (C=O) groups is 1. The molecule has 10 heteroatoms. The second-order valence-corrected chi connectivity index (χ2v) is 8.13. The van der Waals surface area contributed by atoms with Gasteiger partial charge in [-0.15, -0.1) is 0 Å². The first kappa shape index (κ1) is 24.2. The maximum absolute atomic E-state index is 12.9. The van der Waals surface area contributed by atoms with E-state index >= 15 is 0 Å². The molecule has 0 aromatic heterocycles. The largest absolute Gasteiger partial charge is 0.491 e. The Bertz CT molecular complexity index is 977. The van der Waals surface area contributed by atoms with Gasteiger partial charge in [-0.3, -0.25) is 4.79 Å². The Hall–Kier alpha value is -2.42. The number of hydrogen-bond acceptors (Lipinski definition) is 2. The van der Waals surface area contributed by atoms with E-state index in [1.165, 1.54) is 12.1 Å². The maximum atomic E-state index is 12.9. The number of halogens is 7. The molecule has 0 spiro atoms. The third kappa shape index (κ3) is 5.14. The molecule has 0 amide bonds. The zero-order valence-electron chi connectivity index (χ0n) is 16.6. The molecule has 2 aromatic rings. The number of ether oxygens (including phenoxy) is 1. The van der Waals surface area contributed by atoms with E-state index in [1.807, 2.05) is 0 Å². The summed E-state index contributed by atoms with van der Waals surface area (Å²) in [4.78, 5) is 12.1. The quantitative estimate of drug-likeness (QED) is 0.443. The standard InChI is InChI=1S/C22H19ClF6O3/c23-17-12-15(20(19(30)31)7-1-2-8-20)11-16(18(17)32-10-9-21(24,25)26)13-3-5-14(6-4-13)22(27,28)29/h3-6,11-12H,1-2,7-10H2,(H,30,31). The SMILES string of the molecule is O=C(O)C1(c2cc(Cl)c(OCCC(F)(F)F)c(-c3ccc(C(F)(F)F)cc3)c2)CCCC1. The van der Waals surface area contributed by atoms with Crippen LogP contribution in [0.25, 0.3) is 11.1 Å². The fourth-order valence-corrected chi connectivity index (χ4v) is 4.22. The normalized spacial score (nSPS) is 16.2. The lowest BCUT2D eigenvalue weighted by atomic mass is 9.78. The molecule has 2 aromatic carbocycles. The van der Waals surface area contributed by atoms with Crippen LogP contribution in [0.5, 0.6) is 5.75 Å². The van der Waals surface area contributed by atoms with Gasteiger partial charge in [0.15, 0.2) is 0 Å².